The summed E-state index contributed by atoms with van der Waals surface area (Å²) in [5.41, 5.74) is 14.9. The van der Waals surface area contributed by atoms with E-state index < -0.39 is 0 Å². The molecule has 0 aliphatic carbocycles. The van der Waals surface area contributed by atoms with Gasteiger partial charge in [-0.1, -0.05) is 194 Å². The lowest BCUT2D eigenvalue weighted by atomic mass is 9.96. The van der Waals surface area contributed by atoms with Gasteiger partial charge < -0.3 is 0 Å². The van der Waals surface area contributed by atoms with E-state index in [9.17, 15) is 0 Å². The molecule has 0 saturated heterocycles. The molecule has 0 radical (unpaired) electrons. The van der Waals surface area contributed by atoms with Gasteiger partial charge in [0.25, 0.3) is 0 Å². The molecular weight excluding hydrogens is 805 g/mol. The van der Waals surface area contributed by atoms with Gasteiger partial charge in [0.05, 0.1) is 22.4 Å². The first kappa shape index (κ1) is 38.7. The van der Waals surface area contributed by atoms with Gasteiger partial charge in [-0.3, -0.25) is 4.98 Å². The van der Waals surface area contributed by atoms with E-state index in [4.69, 9.17) is 24.9 Å². The molecule has 6 heteroatoms. The topological polar surface area (TPSA) is 77.3 Å². The third-order valence-corrected chi connectivity index (χ3v) is 12.2. The van der Waals surface area contributed by atoms with Crippen LogP contribution in [0.4, 0.5) is 0 Å². The van der Waals surface area contributed by atoms with Crippen LogP contribution in [0.5, 0.6) is 0 Å². The highest BCUT2D eigenvalue weighted by Crippen LogP contribution is 2.37. The van der Waals surface area contributed by atoms with Crippen molar-refractivity contribution in [1.82, 2.24) is 29.9 Å². The van der Waals surface area contributed by atoms with Crippen LogP contribution in [-0.2, 0) is 0 Å². The standard InChI is InChI=1S/C60H38N6/c1-4-14-40(15-5-1)52-36-55(41-16-6-2-7-17-41)63-57-51(52)32-30-42-31-33-54(62-56(42)57)47-23-12-21-45(34-47)39-26-28-44(29-27-39)59-64-58(43-18-8-3-9-19-43)65-60(66-59)48-24-13-22-46(35-48)53-38-61-37-49-20-10-11-25-50(49)53/h1-38H. The summed E-state index contributed by atoms with van der Waals surface area (Å²) < 4.78 is 0. The molecule has 8 aromatic carbocycles. The molecular formula is C60H38N6. The van der Waals surface area contributed by atoms with Crippen LogP contribution in [0, 0.1) is 0 Å². The second kappa shape index (κ2) is 16.6. The van der Waals surface area contributed by atoms with Crippen LogP contribution in [0.25, 0.3) is 123 Å². The average Bonchev–Trinajstić information content (AvgIpc) is 3.41. The average molecular weight is 843 g/mol. The van der Waals surface area contributed by atoms with Crippen molar-refractivity contribution in [2.24, 2.45) is 0 Å². The zero-order valence-electron chi connectivity index (χ0n) is 35.6. The molecule has 308 valence electrons. The van der Waals surface area contributed by atoms with Crippen LogP contribution < -0.4 is 0 Å². The number of hydrogen-bond donors (Lipinski definition) is 0. The number of nitrogens with zero attached hydrogens (tertiary/aromatic N) is 6. The van der Waals surface area contributed by atoms with E-state index in [0.717, 1.165) is 105 Å². The molecule has 12 aromatic rings. The van der Waals surface area contributed by atoms with Crippen molar-refractivity contribution >= 4 is 32.6 Å². The number of aromatic nitrogens is 6. The van der Waals surface area contributed by atoms with Crippen LogP contribution in [0.3, 0.4) is 0 Å². The smallest absolute Gasteiger partial charge is 0.164 e. The zero-order chi connectivity index (χ0) is 43.8. The van der Waals surface area contributed by atoms with Crippen molar-refractivity contribution in [3.8, 4) is 90.1 Å². The van der Waals surface area contributed by atoms with Gasteiger partial charge in [0, 0.05) is 61.9 Å². The molecule has 0 N–H and O–H groups in total. The van der Waals surface area contributed by atoms with Gasteiger partial charge in [0.15, 0.2) is 17.5 Å². The lowest BCUT2D eigenvalue weighted by Crippen LogP contribution is -2.00. The molecule has 0 saturated carbocycles. The van der Waals surface area contributed by atoms with E-state index in [1.807, 2.05) is 54.9 Å². The van der Waals surface area contributed by atoms with Gasteiger partial charge in [0.2, 0.25) is 0 Å². The summed E-state index contributed by atoms with van der Waals surface area (Å²) in [6.45, 7) is 0. The summed E-state index contributed by atoms with van der Waals surface area (Å²) in [7, 11) is 0. The van der Waals surface area contributed by atoms with Crippen molar-refractivity contribution in [1.29, 1.82) is 0 Å². The molecule has 66 heavy (non-hydrogen) atoms. The van der Waals surface area contributed by atoms with E-state index in [1.54, 1.807) is 0 Å². The van der Waals surface area contributed by atoms with E-state index >= 15 is 0 Å². The van der Waals surface area contributed by atoms with Gasteiger partial charge in [-0.05, 0) is 57.5 Å². The first-order valence-corrected chi connectivity index (χ1v) is 22.0. The Labute approximate surface area is 381 Å². The molecule has 6 nitrogen and oxygen atoms in total. The van der Waals surface area contributed by atoms with E-state index in [2.05, 4.69) is 181 Å². The lowest BCUT2D eigenvalue weighted by Gasteiger charge is -2.13. The molecule has 12 rings (SSSR count). The minimum atomic E-state index is 0.600. The number of hydrogen-bond acceptors (Lipinski definition) is 6. The van der Waals surface area contributed by atoms with Crippen molar-refractivity contribution in [3.63, 3.8) is 0 Å². The van der Waals surface area contributed by atoms with Crippen LogP contribution >= 0.6 is 0 Å². The van der Waals surface area contributed by atoms with Crippen molar-refractivity contribution < 1.29 is 0 Å². The fourth-order valence-corrected chi connectivity index (χ4v) is 8.84. The Morgan fingerprint density at radius 2 is 0.788 bits per heavy atom. The quantitative estimate of drug-likeness (QED) is 0.142. The molecule has 0 bridgehead atoms. The molecule has 0 amide bonds. The van der Waals surface area contributed by atoms with E-state index in [1.165, 1.54) is 0 Å². The molecule has 0 spiro atoms. The van der Waals surface area contributed by atoms with Gasteiger partial charge in [-0.15, -0.1) is 0 Å². The van der Waals surface area contributed by atoms with Crippen LogP contribution in [-0.4, -0.2) is 29.9 Å². The predicted octanol–water partition coefficient (Wildman–Crippen LogP) is 14.9. The van der Waals surface area contributed by atoms with Crippen molar-refractivity contribution in [2.75, 3.05) is 0 Å². The highest BCUT2D eigenvalue weighted by Gasteiger charge is 2.17. The Hall–Kier alpha value is -9.00. The van der Waals surface area contributed by atoms with Crippen LogP contribution in [0.15, 0.2) is 231 Å². The molecule has 0 unspecified atom stereocenters. The third-order valence-electron chi connectivity index (χ3n) is 12.2. The second-order valence-electron chi connectivity index (χ2n) is 16.3. The second-order valence-corrected chi connectivity index (χ2v) is 16.3. The maximum absolute atomic E-state index is 5.35. The third kappa shape index (κ3) is 7.32. The fraction of sp³-hybridized carbons (Fsp3) is 0. The number of fused-ring (bicyclic) bond motifs is 4. The summed E-state index contributed by atoms with van der Waals surface area (Å²) >= 11 is 0. The van der Waals surface area contributed by atoms with Crippen molar-refractivity contribution in [3.05, 3.63) is 231 Å². The lowest BCUT2D eigenvalue weighted by molar-refractivity contribution is 1.07. The number of pyridine rings is 3. The number of rotatable bonds is 8. The van der Waals surface area contributed by atoms with Gasteiger partial charge >= 0.3 is 0 Å². The van der Waals surface area contributed by atoms with E-state index in [0.29, 0.717) is 17.5 Å². The summed E-state index contributed by atoms with van der Waals surface area (Å²) in [4.78, 5) is 30.3. The van der Waals surface area contributed by atoms with Crippen molar-refractivity contribution in [2.45, 2.75) is 0 Å². The minimum Gasteiger partial charge on any atom is -0.263 e. The molecule has 0 aliphatic heterocycles. The highest BCUT2D eigenvalue weighted by molar-refractivity contribution is 6.09. The largest absolute Gasteiger partial charge is 0.263 e. The fourth-order valence-electron chi connectivity index (χ4n) is 8.84. The maximum Gasteiger partial charge on any atom is 0.164 e. The SMILES string of the molecule is c1ccc(-c2cc(-c3ccccc3)c3ccc4ccc(-c5cccc(-c6ccc(-c7nc(-c8ccccc8)nc(-c8cccc(-c9cncc%10ccccc9%10)c8)n7)cc6)c5)nc4c3n2)cc1. The summed E-state index contributed by atoms with van der Waals surface area (Å²) in [5, 5.41) is 4.35. The Kier molecular flexibility index (Phi) is 9.73. The van der Waals surface area contributed by atoms with Crippen LogP contribution in [0.2, 0.25) is 0 Å². The first-order chi connectivity index (χ1) is 32.7. The normalized spacial score (nSPS) is 11.3. The minimum absolute atomic E-state index is 0.600. The molecule has 0 atom stereocenters. The molecule has 4 heterocycles. The molecule has 4 aromatic heterocycles. The Balaban J connectivity index is 0.904. The Bertz CT molecular complexity index is 3740. The summed E-state index contributed by atoms with van der Waals surface area (Å²) in [6.07, 6.45) is 3.83. The Morgan fingerprint density at radius 1 is 0.242 bits per heavy atom. The summed E-state index contributed by atoms with van der Waals surface area (Å²) in [6, 6.07) is 75.5. The molecule has 0 aliphatic rings. The zero-order valence-corrected chi connectivity index (χ0v) is 35.6. The van der Waals surface area contributed by atoms with Gasteiger partial charge in [0.1, 0.15) is 0 Å². The summed E-state index contributed by atoms with van der Waals surface area (Å²) in [5.74, 6) is 1.82. The molecule has 0 fully saturated rings. The monoisotopic (exact) mass is 842 g/mol. The van der Waals surface area contributed by atoms with Crippen LogP contribution in [0.1, 0.15) is 0 Å². The predicted molar refractivity (Wildman–Crippen MR) is 269 cm³/mol. The van der Waals surface area contributed by atoms with E-state index in [-0.39, 0.29) is 0 Å². The van der Waals surface area contributed by atoms with Gasteiger partial charge in [-0.2, -0.15) is 0 Å². The van der Waals surface area contributed by atoms with Gasteiger partial charge in [-0.25, -0.2) is 24.9 Å². The Morgan fingerprint density at radius 3 is 1.55 bits per heavy atom. The first-order valence-electron chi connectivity index (χ1n) is 22.0. The maximum atomic E-state index is 5.35. The number of benzene rings is 8. The highest BCUT2D eigenvalue weighted by atomic mass is 15.0.